The van der Waals surface area contributed by atoms with Gasteiger partial charge in [0.25, 0.3) is 0 Å². The summed E-state index contributed by atoms with van der Waals surface area (Å²) in [6.07, 6.45) is 12.0. The number of sulfone groups is 1. The maximum atomic E-state index is 11.7. The van der Waals surface area contributed by atoms with Crippen LogP contribution in [0.3, 0.4) is 0 Å². The molecule has 2 N–H and O–H groups in total. The number of anilines is 1. The topological polar surface area (TPSA) is 143 Å². The van der Waals surface area contributed by atoms with Crippen molar-refractivity contribution in [1.82, 2.24) is 29.8 Å². The van der Waals surface area contributed by atoms with Crippen LogP contribution >= 0.6 is 0 Å². The first-order valence-corrected chi connectivity index (χ1v) is 15.1. The van der Waals surface area contributed by atoms with Gasteiger partial charge < -0.3 is 15.6 Å². The van der Waals surface area contributed by atoms with E-state index in [1.807, 2.05) is 30.6 Å². The van der Waals surface area contributed by atoms with E-state index < -0.39 is 9.84 Å². The smallest absolute Gasteiger partial charge is 0.177 e. The van der Waals surface area contributed by atoms with E-state index in [-0.39, 0.29) is 4.90 Å². The van der Waals surface area contributed by atoms with E-state index in [9.17, 15) is 13.7 Å². The highest BCUT2D eigenvalue weighted by atomic mass is 32.2. The van der Waals surface area contributed by atoms with Gasteiger partial charge in [0.1, 0.15) is 11.9 Å². The fourth-order valence-corrected chi connectivity index (χ4v) is 6.28. The molecular weight excluding hydrogens is 538 g/mol. The van der Waals surface area contributed by atoms with E-state index in [1.165, 1.54) is 18.7 Å². The molecule has 0 aliphatic carbocycles. The molecule has 0 amide bonds. The summed E-state index contributed by atoms with van der Waals surface area (Å²) in [5.41, 5.74) is 5.20. The van der Waals surface area contributed by atoms with Crippen molar-refractivity contribution < 1.29 is 8.42 Å². The molecule has 3 saturated heterocycles. The highest BCUT2D eigenvalue weighted by Gasteiger charge is 2.44. The van der Waals surface area contributed by atoms with Gasteiger partial charge >= 0.3 is 0 Å². The van der Waals surface area contributed by atoms with Gasteiger partial charge in [0.05, 0.1) is 27.9 Å². The molecule has 0 radical (unpaired) electrons. The van der Waals surface area contributed by atoms with Gasteiger partial charge in [-0.2, -0.15) is 10.4 Å². The van der Waals surface area contributed by atoms with Crippen molar-refractivity contribution in [2.24, 2.45) is 0 Å². The summed E-state index contributed by atoms with van der Waals surface area (Å²) < 4.78 is 25.1. The summed E-state index contributed by atoms with van der Waals surface area (Å²) in [5, 5.41) is 24.9. The van der Waals surface area contributed by atoms with Gasteiger partial charge in [-0.05, 0) is 36.8 Å². The van der Waals surface area contributed by atoms with Crippen LogP contribution in [0.4, 0.5) is 5.82 Å². The maximum absolute atomic E-state index is 11.7. The Morgan fingerprint density at radius 1 is 1.17 bits per heavy atom. The molecule has 0 spiro atoms. The Kier molecular flexibility index (Phi) is 6.76. The van der Waals surface area contributed by atoms with E-state index in [1.54, 1.807) is 36.1 Å². The number of piperazine rings is 1. The first-order chi connectivity index (χ1) is 19.8. The third-order valence-electron chi connectivity index (χ3n) is 7.82. The van der Waals surface area contributed by atoms with Crippen LogP contribution in [0.15, 0.2) is 66.2 Å². The quantitative estimate of drug-likeness (QED) is 0.307. The Morgan fingerprint density at radius 2 is 1.98 bits per heavy atom. The minimum atomic E-state index is -3.26. The van der Waals surface area contributed by atoms with Gasteiger partial charge in [0.2, 0.25) is 0 Å². The number of hydrogen-bond donors (Lipinski definition) is 2. The van der Waals surface area contributed by atoms with Gasteiger partial charge in [0.15, 0.2) is 9.84 Å². The van der Waals surface area contributed by atoms with Crippen LogP contribution < -0.4 is 10.2 Å². The van der Waals surface area contributed by atoms with Gasteiger partial charge in [-0.15, -0.1) is 0 Å². The molecule has 208 valence electrons. The number of nitrogens with one attached hydrogen (secondary N) is 2. The van der Waals surface area contributed by atoms with E-state index in [4.69, 9.17) is 10.4 Å². The summed E-state index contributed by atoms with van der Waals surface area (Å²) in [6, 6.07) is 12.4. The summed E-state index contributed by atoms with van der Waals surface area (Å²) >= 11 is 0. The molecule has 2 bridgehead atoms. The lowest BCUT2D eigenvalue weighted by atomic mass is 9.87. The van der Waals surface area contributed by atoms with E-state index in [0.29, 0.717) is 35.3 Å². The Bertz CT molecular complexity index is 1790. The number of rotatable bonds is 8. The van der Waals surface area contributed by atoms with Crippen molar-refractivity contribution in [3.63, 3.8) is 0 Å². The fraction of sp³-hybridized carbons (Fsp3) is 0.276. The SMILES string of the molecule is CN/C=C(\C=N)c1cc(-c2ccc(N3CC4CC(C3)N4Cc3ccc(S(C)(=O)=O)cn3)nc2)c2c(C#N)cnn2c1. The second-order valence-electron chi connectivity index (χ2n) is 10.4. The molecule has 0 aromatic carbocycles. The molecule has 4 aromatic heterocycles. The molecule has 11 nitrogen and oxygen atoms in total. The fourth-order valence-electron chi connectivity index (χ4n) is 5.72. The molecule has 12 heteroatoms. The minimum Gasteiger partial charge on any atom is -0.393 e. The van der Waals surface area contributed by atoms with Crippen molar-refractivity contribution in [2.75, 3.05) is 31.3 Å². The summed E-state index contributed by atoms with van der Waals surface area (Å²) in [4.78, 5) is 14.2. The maximum Gasteiger partial charge on any atom is 0.177 e. The van der Waals surface area contributed by atoms with Crippen molar-refractivity contribution in [3.05, 3.63) is 78.1 Å². The van der Waals surface area contributed by atoms with E-state index in [0.717, 1.165) is 47.7 Å². The Hall–Kier alpha value is -4.60. The van der Waals surface area contributed by atoms with Crippen LogP contribution in [0, 0.1) is 16.7 Å². The normalized spacial score (nSPS) is 19.0. The van der Waals surface area contributed by atoms with Crippen molar-refractivity contribution in [1.29, 1.82) is 10.7 Å². The van der Waals surface area contributed by atoms with Gasteiger partial charge in [0, 0.05) is 98.3 Å². The standard InChI is InChI=1S/C29H29N9O2S/c1-32-11-21(9-30)20-7-27(29-22(10-31)13-35-38(29)15-20)19-3-6-28(34-12-19)36-17-24-8-25(18-36)37(24)16-23-4-5-26(14-33-23)41(2,39)40/h3-7,9,11-15,24-25,30,32H,8,16-18H2,1-2H3/b21-11+,30-9?. The van der Waals surface area contributed by atoms with E-state index in [2.05, 4.69) is 31.3 Å². The second kappa shape index (κ2) is 10.4. The van der Waals surface area contributed by atoms with Crippen LogP contribution in [0.25, 0.3) is 22.2 Å². The molecule has 2 atom stereocenters. The predicted molar refractivity (Wildman–Crippen MR) is 156 cm³/mol. The number of piperidine rings is 1. The number of pyridine rings is 3. The van der Waals surface area contributed by atoms with Gasteiger partial charge in [-0.1, -0.05) is 0 Å². The molecule has 0 saturated carbocycles. The predicted octanol–water partition coefficient (Wildman–Crippen LogP) is 2.74. The third-order valence-corrected chi connectivity index (χ3v) is 8.92. The highest BCUT2D eigenvalue weighted by molar-refractivity contribution is 7.90. The van der Waals surface area contributed by atoms with Gasteiger partial charge in [-0.3, -0.25) is 9.88 Å². The van der Waals surface area contributed by atoms with Crippen molar-refractivity contribution >= 4 is 33.0 Å². The average Bonchev–Trinajstić information content (AvgIpc) is 3.41. The van der Waals surface area contributed by atoms with Crippen LogP contribution in [-0.4, -0.2) is 77.6 Å². The number of fused-ring (bicyclic) bond motifs is 3. The molecule has 3 fully saturated rings. The van der Waals surface area contributed by atoms with Crippen molar-refractivity contribution in [2.45, 2.75) is 29.9 Å². The zero-order valence-electron chi connectivity index (χ0n) is 22.7. The number of nitrogens with zero attached hydrogens (tertiary/aromatic N) is 7. The van der Waals surface area contributed by atoms with E-state index >= 15 is 0 Å². The highest BCUT2D eigenvalue weighted by Crippen LogP contribution is 2.36. The first kappa shape index (κ1) is 26.6. The zero-order chi connectivity index (χ0) is 28.7. The second-order valence-corrected chi connectivity index (χ2v) is 12.4. The minimum absolute atomic E-state index is 0.236. The molecule has 3 aliphatic rings. The Labute approximate surface area is 238 Å². The first-order valence-electron chi connectivity index (χ1n) is 13.2. The van der Waals surface area contributed by atoms with Crippen LogP contribution in [0.5, 0.6) is 0 Å². The monoisotopic (exact) mass is 567 g/mol. The zero-order valence-corrected chi connectivity index (χ0v) is 23.5. The Balaban J connectivity index is 1.21. The number of aromatic nitrogens is 4. The average molecular weight is 568 g/mol. The van der Waals surface area contributed by atoms with Crippen LogP contribution in [0.2, 0.25) is 0 Å². The van der Waals surface area contributed by atoms with Crippen LogP contribution in [0.1, 0.15) is 23.2 Å². The number of nitriles is 1. The molecule has 7 rings (SSSR count). The third kappa shape index (κ3) is 4.94. The van der Waals surface area contributed by atoms with Crippen LogP contribution in [-0.2, 0) is 16.4 Å². The molecule has 7 heterocycles. The molecule has 3 aliphatic heterocycles. The lowest BCUT2D eigenvalue weighted by Crippen LogP contribution is -2.68. The molecule has 2 unspecified atom stereocenters. The Morgan fingerprint density at radius 3 is 2.59 bits per heavy atom. The molecule has 4 aromatic rings. The van der Waals surface area contributed by atoms with Crippen molar-refractivity contribution in [3.8, 4) is 17.2 Å². The lowest BCUT2D eigenvalue weighted by molar-refractivity contribution is -0.00969. The van der Waals surface area contributed by atoms with Gasteiger partial charge in [-0.25, -0.2) is 17.9 Å². The summed E-state index contributed by atoms with van der Waals surface area (Å²) in [7, 11) is -1.47. The summed E-state index contributed by atoms with van der Waals surface area (Å²) in [6.45, 7) is 2.39. The number of hydrogen-bond acceptors (Lipinski definition) is 10. The number of allylic oxidation sites excluding steroid dienone is 1. The lowest BCUT2D eigenvalue weighted by Gasteiger charge is -2.56. The molecular formula is C29H29N9O2S. The largest absolute Gasteiger partial charge is 0.393 e. The summed E-state index contributed by atoms with van der Waals surface area (Å²) in [5.74, 6) is 0.898. The molecule has 41 heavy (non-hydrogen) atoms.